The fourth-order valence-electron chi connectivity index (χ4n) is 2.79. The quantitative estimate of drug-likeness (QED) is 0.513. The highest BCUT2D eigenvalue weighted by Gasteiger charge is 2.24. The second-order valence-electron chi connectivity index (χ2n) is 6.90. The van der Waals surface area contributed by atoms with Gasteiger partial charge < -0.3 is 10.4 Å². The molecule has 0 radical (unpaired) electrons. The topological polar surface area (TPSA) is 66.4 Å². The second-order valence-corrected chi connectivity index (χ2v) is 8.30. The molecule has 2 N–H and O–H groups in total. The highest BCUT2D eigenvalue weighted by Crippen LogP contribution is 2.17. The number of carboxylic acid groups (broad SMARTS) is 1. The summed E-state index contributed by atoms with van der Waals surface area (Å²) < 4.78 is 0. The summed E-state index contributed by atoms with van der Waals surface area (Å²) in [6, 6.07) is 15.0. The van der Waals surface area contributed by atoms with Gasteiger partial charge in [0.25, 0.3) is 0 Å². The molecule has 1 unspecified atom stereocenters. The molecule has 0 aliphatic heterocycles. The first-order chi connectivity index (χ1) is 13.4. The van der Waals surface area contributed by atoms with Crippen LogP contribution in [-0.4, -0.2) is 34.5 Å². The van der Waals surface area contributed by atoms with Crippen LogP contribution in [0.3, 0.4) is 0 Å². The Morgan fingerprint density at radius 1 is 1.07 bits per heavy atom. The summed E-state index contributed by atoms with van der Waals surface area (Å²) in [5.74, 6) is -0.253. The summed E-state index contributed by atoms with van der Waals surface area (Å²) in [5.41, 5.74) is 4.65. The number of thioether (sulfide) groups is 1. The molecule has 150 valence electrons. The largest absolute Gasteiger partial charge is 0.480 e. The summed E-state index contributed by atoms with van der Waals surface area (Å²) in [4.78, 5) is 24.2. The van der Waals surface area contributed by atoms with Gasteiger partial charge in [-0.1, -0.05) is 48.5 Å². The third kappa shape index (κ3) is 6.91. The van der Waals surface area contributed by atoms with Crippen molar-refractivity contribution < 1.29 is 14.7 Å². The molecule has 0 spiro atoms. The molecule has 0 heterocycles. The van der Waals surface area contributed by atoms with Crippen LogP contribution in [0.1, 0.15) is 22.3 Å². The van der Waals surface area contributed by atoms with E-state index in [1.807, 2.05) is 30.3 Å². The second kappa shape index (κ2) is 11.2. The molecule has 1 amide bonds. The Kier molecular flexibility index (Phi) is 8.93. The number of hydrogen-bond donors (Lipinski definition) is 3. The fraction of sp³-hybridized carbons (Fsp3) is 0.364. The van der Waals surface area contributed by atoms with Gasteiger partial charge in [-0.25, -0.2) is 4.79 Å². The number of aliphatic carboxylic acids is 1. The third-order valence-electron chi connectivity index (χ3n) is 4.66. The van der Waals surface area contributed by atoms with Crippen LogP contribution >= 0.6 is 24.4 Å². The summed E-state index contributed by atoms with van der Waals surface area (Å²) in [7, 11) is 0. The summed E-state index contributed by atoms with van der Waals surface area (Å²) in [6.07, 6.45) is 0.540. The normalized spacial score (nSPS) is 13.0. The van der Waals surface area contributed by atoms with E-state index in [0.29, 0.717) is 23.7 Å². The molecule has 0 aliphatic rings. The molecule has 0 saturated carbocycles. The first-order valence-corrected chi connectivity index (χ1v) is 11.0. The van der Waals surface area contributed by atoms with Gasteiger partial charge >= 0.3 is 5.97 Å². The molecule has 2 rings (SSSR count). The van der Waals surface area contributed by atoms with Crippen molar-refractivity contribution in [1.29, 1.82) is 0 Å². The number of rotatable bonds is 10. The molecule has 0 aliphatic carbocycles. The highest BCUT2D eigenvalue weighted by molar-refractivity contribution is 7.98. The Morgan fingerprint density at radius 2 is 1.79 bits per heavy atom. The molecule has 0 aromatic heterocycles. The molecule has 0 fully saturated rings. The number of thiol groups is 1. The van der Waals surface area contributed by atoms with Crippen molar-refractivity contribution in [2.75, 3.05) is 11.5 Å². The Balaban J connectivity index is 1.90. The van der Waals surface area contributed by atoms with Crippen LogP contribution in [0, 0.1) is 19.8 Å². The van der Waals surface area contributed by atoms with E-state index in [2.05, 4.69) is 50.0 Å². The van der Waals surface area contributed by atoms with Gasteiger partial charge in [-0.3, -0.25) is 4.79 Å². The zero-order valence-electron chi connectivity index (χ0n) is 16.2. The molecule has 0 saturated heterocycles. The minimum Gasteiger partial charge on any atom is -0.480 e. The van der Waals surface area contributed by atoms with Crippen molar-refractivity contribution in [1.82, 2.24) is 5.32 Å². The van der Waals surface area contributed by atoms with Gasteiger partial charge in [-0.15, -0.1) is 0 Å². The van der Waals surface area contributed by atoms with E-state index in [1.165, 1.54) is 22.9 Å². The molecule has 4 nitrogen and oxygen atoms in total. The number of carbonyl (C=O) groups is 2. The van der Waals surface area contributed by atoms with E-state index in [4.69, 9.17) is 0 Å². The van der Waals surface area contributed by atoms with Gasteiger partial charge in [-0.2, -0.15) is 24.4 Å². The van der Waals surface area contributed by atoms with Crippen LogP contribution in [0.2, 0.25) is 0 Å². The summed E-state index contributed by atoms with van der Waals surface area (Å²) >= 11 is 5.79. The zero-order chi connectivity index (χ0) is 20.5. The number of hydrogen-bond acceptors (Lipinski definition) is 4. The lowest BCUT2D eigenvalue weighted by atomic mass is 10.00. The van der Waals surface area contributed by atoms with E-state index in [0.717, 1.165) is 11.1 Å². The van der Waals surface area contributed by atoms with Crippen molar-refractivity contribution in [3.63, 3.8) is 0 Å². The number of carbonyl (C=O) groups excluding carboxylic acids is 1. The van der Waals surface area contributed by atoms with Crippen molar-refractivity contribution in [3.05, 3.63) is 70.8 Å². The molecule has 2 aromatic rings. The average Bonchev–Trinajstić information content (AvgIpc) is 2.68. The maximum absolute atomic E-state index is 12.6. The lowest BCUT2D eigenvalue weighted by Crippen LogP contribution is -2.46. The number of carboxylic acids is 1. The molecular weight excluding hydrogens is 390 g/mol. The monoisotopic (exact) mass is 417 g/mol. The minimum atomic E-state index is -1.02. The number of benzene rings is 2. The maximum Gasteiger partial charge on any atom is 0.327 e. The SMILES string of the molecule is Cc1ccc(CSC[C@H](NC(=O)C(CS)Cc2ccccc2)C(=O)O)cc1C. The van der Waals surface area contributed by atoms with Crippen LogP contribution in [0.4, 0.5) is 0 Å². The van der Waals surface area contributed by atoms with E-state index in [9.17, 15) is 14.7 Å². The molecular formula is C22H27NO3S2. The summed E-state index contributed by atoms with van der Waals surface area (Å²) in [6.45, 7) is 4.13. The molecule has 6 heteroatoms. The van der Waals surface area contributed by atoms with Crippen molar-refractivity contribution in [3.8, 4) is 0 Å². The van der Waals surface area contributed by atoms with Gasteiger partial charge in [0.05, 0.1) is 5.92 Å². The van der Waals surface area contributed by atoms with Crippen LogP contribution < -0.4 is 5.32 Å². The zero-order valence-corrected chi connectivity index (χ0v) is 17.9. The molecule has 0 bridgehead atoms. The van der Waals surface area contributed by atoms with Crippen LogP contribution in [0.5, 0.6) is 0 Å². The van der Waals surface area contributed by atoms with E-state index in [1.54, 1.807) is 0 Å². The smallest absolute Gasteiger partial charge is 0.327 e. The number of aryl methyl sites for hydroxylation is 2. The summed E-state index contributed by atoms with van der Waals surface area (Å²) in [5, 5.41) is 12.2. The molecule has 2 aromatic carbocycles. The first kappa shape index (κ1) is 22.4. The standard InChI is InChI=1S/C22H27NO3S2/c1-15-8-9-18(10-16(15)2)13-28-14-20(22(25)26)23-21(24)19(12-27)11-17-6-4-3-5-7-17/h3-10,19-20,27H,11-14H2,1-2H3,(H,23,24)(H,25,26)/t19?,20-/m0/s1. The van der Waals surface area contributed by atoms with Crippen molar-refractivity contribution in [2.24, 2.45) is 5.92 Å². The van der Waals surface area contributed by atoms with Crippen LogP contribution in [0.15, 0.2) is 48.5 Å². The fourth-order valence-corrected chi connectivity index (χ4v) is 4.08. The lowest BCUT2D eigenvalue weighted by Gasteiger charge is -2.19. The van der Waals surface area contributed by atoms with Crippen LogP contribution in [-0.2, 0) is 21.8 Å². The molecule has 2 atom stereocenters. The van der Waals surface area contributed by atoms with Gasteiger partial charge in [0, 0.05) is 17.3 Å². The van der Waals surface area contributed by atoms with Gasteiger partial charge in [-0.05, 0) is 42.5 Å². The Morgan fingerprint density at radius 3 is 2.39 bits per heavy atom. The third-order valence-corrected chi connectivity index (χ3v) is 6.20. The predicted octanol–water partition coefficient (Wildman–Crippen LogP) is 3.89. The van der Waals surface area contributed by atoms with Gasteiger partial charge in [0.1, 0.15) is 6.04 Å². The van der Waals surface area contributed by atoms with Gasteiger partial charge in [0.2, 0.25) is 5.91 Å². The average molecular weight is 418 g/mol. The van der Waals surface area contributed by atoms with E-state index in [-0.39, 0.29) is 11.8 Å². The Labute approximate surface area is 176 Å². The van der Waals surface area contributed by atoms with E-state index >= 15 is 0 Å². The molecule has 28 heavy (non-hydrogen) atoms. The maximum atomic E-state index is 12.6. The number of nitrogens with one attached hydrogen (secondary N) is 1. The number of amides is 1. The first-order valence-electron chi connectivity index (χ1n) is 9.22. The Bertz CT molecular complexity index is 796. The van der Waals surface area contributed by atoms with Crippen molar-refractivity contribution >= 4 is 36.3 Å². The van der Waals surface area contributed by atoms with Crippen LogP contribution in [0.25, 0.3) is 0 Å². The van der Waals surface area contributed by atoms with Crippen molar-refractivity contribution in [2.45, 2.75) is 32.1 Å². The Hall–Kier alpha value is -1.92. The minimum absolute atomic E-state index is 0.266. The van der Waals surface area contributed by atoms with Gasteiger partial charge in [0.15, 0.2) is 0 Å². The predicted molar refractivity (Wildman–Crippen MR) is 119 cm³/mol. The lowest BCUT2D eigenvalue weighted by molar-refractivity contribution is -0.141. The van der Waals surface area contributed by atoms with E-state index < -0.39 is 12.0 Å². The highest BCUT2D eigenvalue weighted by atomic mass is 32.2.